The van der Waals surface area contributed by atoms with E-state index in [0.717, 1.165) is 22.2 Å². The van der Waals surface area contributed by atoms with Crippen LogP contribution in [0.5, 0.6) is 5.75 Å². The van der Waals surface area contributed by atoms with E-state index >= 15 is 0 Å². The largest absolute Gasteiger partial charge is 0.497 e. The number of benzene rings is 2. The molecule has 3 amide bonds. The number of hydrogen-bond acceptors (Lipinski definition) is 7. The van der Waals surface area contributed by atoms with Gasteiger partial charge in [-0.05, 0) is 53.7 Å². The van der Waals surface area contributed by atoms with Gasteiger partial charge in [0, 0.05) is 18.1 Å². The standard InChI is InChI=1S/C21H16N4O4S/c1-29-15-5-2-13(3-6-15)10-18-20(27)25(21(28)30-18)12-19(26)24-14-4-7-16-17(11-14)23-9-8-22-16/h2-11H,12H2,1H3,(H,24,26). The molecule has 0 aliphatic carbocycles. The molecule has 150 valence electrons. The molecule has 9 heteroatoms. The molecule has 1 aliphatic rings. The van der Waals surface area contributed by atoms with Crippen LogP contribution >= 0.6 is 11.8 Å². The van der Waals surface area contributed by atoms with E-state index in [2.05, 4.69) is 15.3 Å². The number of anilines is 1. The maximum Gasteiger partial charge on any atom is 0.294 e. The van der Waals surface area contributed by atoms with Gasteiger partial charge in [-0.2, -0.15) is 0 Å². The van der Waals surface area contributed by atoms with Gasteiger partial charge in [-0.3, -0.25) is 29.3 Å². The van der Waals surface area contributed by atoms with Crippen LogP contribution in [0, 0.1) is 0 Å². The predicted molar refractivity (Wildman–Crippen MR) is 114 cm³/mol. The topological polar surface area (TPSA) is 101 Å². The van der Waals surface area contributed by atoms with E-state index in [1.807, 2.05) is 0 Å². The molecule has 3 aromatic rings. The van der Waals surface area contributed by atoms with Crippen molar-refractivity contribution in [2.45, 2.75) is 0 Å². The summed E-state index contributed by atoms with van der Waals surface area (Å²) in [7, 11) is 1.57. The van der Waals surface area contributed by atoms with E-state index in [1.165, 1.54) is 0 Å². The summed E-state index contributed by atoms with van der Waals surface area (Å²) in [5, 5.41) is 2.20. The Morgan fingerprint density at radius 2 is 1.83 bits per heavy atom. The van der Waals surface area contributed by atoms with Crippen LogP contribution in [0.2, 0.25) is 0 Å². The summed E-state index contributed by atoms with van der Waals surface area (Å²) in [6.45, 7) is -0.372. The van der Waals surface area contributed by atoms with Crippen molar-refractivity contribution in [1.82, 2.24) is 14.9 Å². The van der Waals surface area contributed by atoms with Crippen LogP contribution in [0.4, 0.5) is 10.5 Å². The highest BCUT2D eigenvalue weighted by molar-refractivity contribution is 8.18. The molecule has 4 rings (SSSR count). The molecule has 0 radical (unpaired) electrons. The van der Waals surface area contributed by atoms with Gasteiger partial charge in [0.15, 0.2) is 0 Å². The number of hydrogen-bond donors (Lipinski definition) is 1. The van der Waals surface area contributed by atoms with Crippen molar-refractivity contribution in [3.05, 3.63) is 65.3 Å². The highest BCUT2D eigenvalue weighted by Gasteiger charge is 2.36. The van der Waals surface area contributed by atoms with Crippen LogP contribution in [0.1, 0.15) is 5.56 Å². The number of thioether (sulfide) groups is 1. The number of nitrogens with one attached hydrogen (secondary N) is 1. The summed E-state index contributed by atoms with van der Waals surface area (Å²) in [5.74, 6) is -0.289. The molecular formula is C21H16N4O4S. The van der Waals surface area contributed by atoms with Gasteiger partial charge < -0.3 is 10.1 Å². The van der Waals surface area contributed by atoms with E-state index < -0.39 is 17.1 Å². The lowest BCUT2D eigenvalue weighted by Gasteiger charge is -2.12. The first-order valence-electron chi connectivity index (χ1n) is 8.93. The third-order valence-corrected chi connectivity index (χ3v) is 5.25. The molecule has 1 aliphatic heterocycles. The second kappa shape index (κ2) is 8.34. The minimum atomic E-state index is -0.500. The summed E-state index contributed by atoms with van der Waals surface area (Å²) in [6, 6.07) is 12.2. The SMILES string of the molecule is COc1ccc(C=C2SC(=O)N(CC(=O)Nc3ccc4nccnc4c3)C2=O)cc1. The van der Waals surface area contributed by atoms with Crippen molar-refractivity contribution in [1.29, 1.82) is 0 Å². The number of fused-ring (bicyclic) bond motifs is 1. The third kappa shape index (κ3) is 4.15. The fraction of sp³-hybridized carbons (Fsp3) is 0.0952. The van der Waals surface area contributed by atoms with Crippen LogP contribution in [0.15, 0.2) is 59.8 Å². The highest BCUT2D eigenvalue weighted by Crippen LogP contribution is 2.32. The van der Waals surface area contributed by atoms with Crippen molar-refractivity contribution < 1.29 is 19.1 Å². The lowest BCUT2D eigenvalue weighted by Crippen LogP contribution is -2.36. The Bertz CT molecular complexity index is 1180. The zero-order valence-corrected chi connectivity index (χ0v) is 16.7. The summed E-state index contributed by atoms with van der Waals surface area (Å²) < 4.78 is 5.10. The summed E-state index contributed by atoms with van der Waals surface area (Å²) in [6.07, 6.45) is 4.76. The fourth-order valence-corrected chi connectivity index (χ4v) is 3.71. The number of methoxy groups -OCH3 is 1. The van der Waals surface area contributed by atoms with E-state index in [9.17, 15) is 14.4 Å². The Morgan fingerprint density at radius 1 is 1.10 bits per heavy atom. The molecule has 0 bridgehead atoms. The monoisotopic (exact) mass is 420 g/mol. The normalized spacial score (nSPS) is 15.1. The van der Waals surface area contributed by atoms with Gasteiger partial charge >= 0.3 is 0 Å². The van der Waals surface area contributed by atoms with Crippen molar-refractivity contribution in [2.75, 3.05) is 19.0 Å². The zero-order valence-electron chi connectivity index (χ0n) is 15.9. The average Bonchev–Trinajstić information content (AvgIpc) is 3.01. The van der Waals surface area contributed by atoms with E-state index in [-0.39, 0.29) is 11.4 Å². The van der Waals surface area contributed by atoms with Gasteiger partial charge in [0.2, 0.25) is 5.91 Å². The molecule has 1 fully saturated rings. The number of nitrogens with zero attached hydrogens (tertiary/aromatic N) is 3. The Morgan fingerprint density at radius 3 is 2.57 bits per heavy atom. The molecule has 0 saturated carbocycles. The molecule has 0 unspecified atom stereocenters. The fourth-order valence-electron chi connectivity index (χ4n) is 2.87. The lowest BCUT2D eigenvalue weighted by molar-refractivity contribution is -0.127. The Hall–Kier alpha value is -3.72. The van der Waals surface area contributed by atoms with Gasteiger partial charge in [-0.25, -0.2) is 0 Å². The summed E-state index contributed by atoms with van der Waals surface area (Å²) in [5.41, 5.74) is 2.59. The van der Waals surface area contributed by atoms with Crippen molar-refractivity contribution in [3.8, 4) is 5.75 Å². The van der Waals surface area contributed by atoms with Crippen LogP contribution in [0.3, 0.4) is 0 Å². The first-order valence-corrected chi connectivity index (χ1v) is 9.75. The molecule has 0 spiro atoms. The van der Waals surface area contributed by atoms with Crippen LogP contribution in [-0.4, -0.2) is 45.6 Å². The van der Waals surface area contributed by atoms with Crippen LogP contribution < -0.4 is 10.1 Å². The molecule has 2 aromatic carbocycles. The number of imide groups is 1. The number of rotatable bonds is 5. The van der Waals surface area contributed by atoms with Crippen molar-refractivity contribution in [3.63, 3.8) is 0 Å². The maximum atomic E-state index is 12.6. The molecule has 2 heterocycles. The molecular weight excluding hydrogens is 404 g/mol. The Balaban J connectivity index is 1.44. The smallest absolute Gasteiger partial charge is 0.294 e. The summed E-state index contributed by atoms with van der Waals surface area (Å²) in [4.78, 5) is 46.8. The highest BCUT2D eigenvalue weighted by atomic mass is 32.2. The molecule has 1 N–H and O–H groups in total. The molecule has 8 nitrogen and oxygen atoms in total. The van der Waals surface area contributed by atoms with Gasteiger partial charge in [-0.15, -0.1) is 0 Å². The van der Waals surface area contributed by atoms with Gasteiger partial charge in [-0.1, -0.05) is 12.1 Å². The van der Waals surface area contributed by atoms with Gasteiger partial charge in [0.05, 0.1) is 23.0 Å². The molecule has 1 aromatic heterocycles. The number of carbonyl (C=O) groups excluding carboxylic acids is 3. The van der Waals surface area contributed by atoms with Crippen molar-refractivity contribution >= 4 is 51.6 Å². The minimum absolute atomic E-state index is 0.263. The second-order valence-corrected chi connectivity index (χ2v) is 7.34. The molecule has 1 saturated heterocycles. The number of aromatic nitrogens is 2. The number of ether oxygens (including phenoxy) is 1. The van der Waals surface area contributed by atoms with Crippen LogP contribution in [-0.2, 0) is 9.59 Å². The Kier molecular flexibility index (Phi) is 5.44. The second-order valence-electron chi connectivity index (χ2n) is 6.35. The van der Waals surface area contributed by atoms with Gasteiger partial charge in [0.25, 0.3) is 11.1 Å². The quantitative estimate of drug-likeness (QED) is 0.632. The number of carbonyl (C=O) groups is 3. The average molecular weight is 420 g/mol. The molecule has 0 atom stereocenters. The maximum absolute atomic E-state index is 12.6. The molecule has 30 heavy (non-hydrogen) atoms. The first kappa shape index (κ1) is 19.6. The summed E-state index contributed by atoms with van der Waals surface area (Å²) >= 11 is 0.806. The number of amides is 3. The minimum Gasteiger partial charge on any atom is -0.497 e. The first-order chi connectivity index (χ1) is 14.5. The Labute approximate surface area is 175 Å². The predicted octanol–water partition coefficient (Wildman–Crippen LogP) is 3.31. The van der Waals surface area contributed by atoms with Crippen molar-refractivity contribution in [2.24, 2.45) is 0 Å². The van der Waals surface area contributed by atoms with E-state index in [0.29, 0.717) is 22.5 Å². The lowest BCUT2D eigenvalue weighted by atomic mass is 10.2. The third-order valence-electron chi connectivity index (χ3n) is 4.34. The zero-order chi connectivity index (χ0) is 21.1. The van der Waals surface area contributed by atoms with Crippen LogP contribution in [0.25, 0.3) is 17.1 Å². The van der Waals surface area contributed by atoms with E-state index in [1.54, 1.807) is 68.0 Å². The van der Waals surface area contributed by atoms with E-state index in [4.69, 9.17) is 4.74 Å². The van der Waals surface area contributed by atoms with Gasteiger partial charge in [0.1, 0.15) is 12.3 Å².